The van der Waals surface area contributed by atoms with Gasteiger partial charge in [0.05, 0.1) is 0 Å². The minimum absolute atomic E-state index is 0.0450. The number of hydrogen-bond acceptors (Lipinski definition) is 5. The number of aryl methyl sites for hydroxylation is 2. The van der Waals surface area contributed by atoms with Crippen LogP contribution in [0.1, 0.15) is 31.2 Å². The zero-order chi connectivity index (χ0) is 17.1. The smallest absolute Gasteiger partial charge is 0.322 e. The van der Waals surface area contributed by atoms with Crippen LogP contribution in [0.3, 0.4) is 0 Å². The molecule has 0 saturated carbocycles. The number of nitrogens with zero attached hydrogens (tertiary/aromatic N) is 4. The van der Waals surface area contributed by atoms with Crippen molar-refractivity contribution in [1.82, 2.24) is 19.9 Å². The minimum Gasteiger partial charge on any atom is -0.359 e. The first-order valence-electron chi connectivity index (χ1n) is 9.02. The zero-order valence-electron chi connectivity index (χ0n) is 15.0. The summed E-state index contributed by atoms with van der Waals surface area (Å²) < 4.78 is 5.19. The van der Waals surface area contributed by atoms with Gasteiger partial charge in [0.15, 0.2) is 5.76 Å². The molecular weight excluding hydrogens is 306 g/mol. The van der Waals surface area contributed by atoms with Crippen molar-refractivity contribution < 1.29 is 9.32 Å². The molecule has 2 aliphatic heterocycles. The van der Waals surface area contributed by atoms with E-state index in [9.17, 15) is 4.79 Å². The molecule has 1 atom stereocenters. The van der Waals surface area contributed by atoms with Gasteiger partial charge < -0.3 is 19.6 Å². The van der Waals surface area contributed by atoms with Gasteiger partial charge in [0, 0.05) is 38.8 Å². The molecule has 24 heavy (non-hydrogen) atoms. The second kappa shape index (κ2) is 7.53. The van der Waals surface area contributed by atoms with Gasteiger partial charge in [0.25, 0.3) is 0 Å². The Morgan fingerprint density at radius 3 is 2.71 bits per heavy atom. The normalized spacial score (nSPS) is 23.5. The molecule has 1 unspecified atom stereocenters. The van der Waals surface area contributed by atoms with Crippen LogP contribution in [0.5, 0.6) is 0 Å². The van der Waals surface area contributed by atoms with Crippen LogP contribution in [-0.2, 0) is 6.42 Å². The van der Waals surface area contributed by atoms with Crippen LogP contribution in [0, 0.1) is 6.92 Å². The molecule has 7 heteroatoms. The van der Waals surface area contributed by atoms with Gasteiger partial charge in [-0.25, -0.2) is 4.79 Å². The average Bonchev–Trinajstić information content (AvgIpc) is 2.95. The number of likely N-dealkylation sites (tertiary alicyclic amines) is 1. The van der Waals surface area contributed by atoms with E-state index in [4.69, 9.17) is 4.52 Å². The van der Waals surface area contributed by atoms with Gasteiger partial charge in [0.2, 0.25) is 0 Å². The first kappa shape index (κ1) is 17.2. The highest BCUT2D eigenvalue weighted by Gasteiger charge is 2.29. The van der Waals surface area contributed by atoms with E-state index in [0.29, 0.717) is 11.8 Å². The number of anilines is 1. The van der Waals surface area contributed by atoms with Crippen molar-refractivity contribution >= 4 is 11.7 Å². The lowest BCUT2D eigenvalue weighted by atomic mass is 10.0. The van der Waals surface area contributed by atoms with Crippen molar-refractivity contribution in [2.45, 2.75) is 39.2 Å². The molecule has 0 bridgehead atoms. The van der Waals surface area contributed by atoms with E-state index in [1.54, 1.807) is 0 Å². The van der Waals surface area contributed by atoms with Crippen LogP contribution < -0.4 is 5.32 Å². The summed E-state index contributed by atoms with van der Waals surface area (Å²) in [4.78, 5) is 19.4. The van der Waals surface area contributed by atoms with Crippen molar-refractivity contribution in [3.8, 4) is 0 Å². The predicted molar refractivity (Wildman–Crippen MR) is 93.3 cm³/mol. The Labute approximate surface area is 143 Å². The molecule has 0 aromatic carbocycles. The van der Waals surface area contributed by atoms with Crippen LogP contribution in [-0.4, -0.2) is 78.2 Å². The van der Waals surface area contributed by atoms with Gasteiger partial charge >= 0.3 is 6.03 Å². The third-order valence-corrected chi connectivity index (χ3v) is 5.22. The van der Waals surface area contributed by atoms with Gasteiger partial charge in [-0.05, 0) is 39.8 Å². The Hall–Kier alpha value is -1.60. The number of carbonyl (C=O) groups is 1. The van der Waals surface area contributed by atoms with Crippen LogP contribution in [0.15, 0.2) is 4.52 Å². The molecule has 134 valence electrons. The molecule has 0 aliphatic carbocycles. The van der Waals surface area contributed by atoms with Crippen molar-refractivity contribution in [1.29, 1.82) is 0 Å². The third kappa shape index (κ3) is 3.72. The highest BCUT2D eigenvalue weighted by molar-refractivity contribution is 5.90. The van der Waals surface area contributed by atoms with Gasteiger partial charge in [-0.2, -0.15) is 0 Å². The number of hydrogen-bond donors (Lipinski definition) is 1. The molecule has 2 amide bonds. The molecule has 3 rings (SSSR count). The van der Waals surface area contributed by atoms with E-state index in [1.807, 2.05) is 18.7 Å². The predicted octanol–water partition coefficient (Wildman–Crippen LogP) is 1.79. The van der Waals surface area contributed by atoms with Crippen LogP contribution in [0.2, 0.25) is 0 Å². The maximum Gasteiger partial charge on any atom is 0.322 e. The first-order valence-corrected chi connectivity index (χ1v) is 9.02. The highest BCUT2D eigenvalue weighted by atomic mass is 16.5. The Morgan fingerprint density at radius 1 is 1.29 bits per heavy atom. The molecule has 1 aromatic heterocycles. The molecule has 2 fully saturated rings. The number of urea groups is 1. The Morgan fingerprint density at radius 2 is 2.04 bits per heavy atom. The molecule has 1 N–H and O–H groups in total. The summed E-state index contributed by atoms with van der Waals surface area (Å²) in [7, 11) is 2.20. The number of aromatic nitrogens is 1. The molecule has 7 nitrogen and oxygen atoms in total. The fourth-order valence-electron chi connectivity index (χ4n) is 3.73. The van der Waals surface area contributed by atoms with Gasteiger partial charge in [0.1, 0.15) is 11.4 Å². The largest absolute Gasteiger partial charge is 0.359 e. The monoisotopic (exact) mass is 335 g/mol. The topological polar surface area (TPSA) is 64.9 Å². The molecule has 2 aliphatic rings. The molecule has 0 radical (unpaired) electrons. The second-order valence-electron chi connectivity index (χ2n) is 6.93. The second-order valence-corrected chi connectivity index (χ2v) is 6.93. The van der Waals surface area contributed by atoms with Crippen molar-refractivity contribution in [3.05, 3.63) is 11.5 Å². The molecule has 3 heterocycles. The summed E-state index contributed by atoms with van der Waals surface area (Å²) in [5.41, 5.74) is 1.54. The van der Waals surface area contributed by atoms with Crippen LogP contribution >= 0.6 is 0 Å². The summed E-state index contributed by atoms with van der Waals surface area (Å²) in [6.07, 6.45) is 3.29. The lowest BCUT2D eigenvalue weighted by molar-refractivity contribution is 0.0717. The average molecular weight is 335 g/mol. The van der Waals surface area contributed by atoms with E-state index in [-0.39, 0.29) is 6.03 Å². The number of piperidine rings is 1. The molecule has 1 aromatic rings. The lowest BCUT2D eigenvalue weighted by Gasteiger charge is -2.42. The maximum absolute atomic E-state index is 12.5. The Bertz CT molecular complexity index is 565. The standard InChI is InChI=1S/C17H29N5O2/c1-4-15-16(13(2)24-19-15)18-17(23)22-10-8-21(9-11-22)14-6-5-7-20(3)12-14/h14H,4-12H2,1-3H3,(H,18,23). The Balaban J connectivity index is 1.52. The summed E-state index contributed by atoms with van der Waals surface area (Å²) in [5, 5.41) is 6.98. The number of nitrogens with one attached hydrogen (secondary N) is 1. The fourth-order valence-corrected chi connectivity index (χ4v) is 3.73. The zero-order valence-corrected chi connectivity index (χ0v) is 15.0. The summed E-state index contributed by atoms with van der Waals surface area (Å²) in [6.45, 7) is 9.65. The van der Waals surface area contributed by atoms with E-state index in [0.717, 1.165) is 50.5 Å². The maximum atomic E-state index is 12.5. The van der Waals surface area contributed by atoms with E-state index < -0.39 is 0 Å². The van der Waals surface area contributed by atoms with Gasteiger partial charge in [-0.1, -0.05) is 12.1 Å². The third-order valence-electron chi connectivity index (χ3n) is 5.22. The van der Waals surface area contributed by atoms with E-state index >= 15 is 0 Å². The van der Waals surface area contributed by atoms with Crippen LogP contribution in [0.25, 0.3) is 0 Å². The van der Waals surface area contributed by atoms with Crippen molar-refractivity contribution in [2.24, 2.45) is 0 Å². The lowest BCUT2D eigenvalue weighted by Crippen LogP contribution is -2.56. The summed E-state index contributed by atoms with van der Waals surface area (Å²) >= 11 is 0. The SMILES string of the molecule is CCc1noc(C)c1NC(=O)N1CCN(C2CCCN(C)C2)CC1. The molecular formula is C17H29N5O2. The van der Waals surface area contributed by atoms with Crippen molar-refractivity contribution in [2.75, 3.05) is 51.6 Å². The molecule has 2 saturated heterocycles. The number of rotatable bonds is 3. The van der Waals surface area contributed by atoms with Crippen LogP contribution in [0.4, 0.5) is 10.5 Å². The Kier molecular flexibility index (Phi) is 5.40. The van der Waals surface area contributed by atoms with Crippen molar-refractivity contribution in [3.63, 3.8) is 0 Å². The fraction of sp³-hybridized carbons (Fsp3) is 0.765. The number of piperazine rings is 1. The summed E-state index contributed by atoms with van der Waals surface area (Å²) in [5.74, 6) is 0.670. The minimum atomic E-state index is -0.0450. The number of carbonyl (C=O) groups excluding carboxylic acids is 1. The quantitative estimate of drug-likeness (QED) is 0.912. The van der Waals surface area contributed by atoms with E-state index in [2.05, 4.69) is 27.3 Å². The number of amides is 2. The number of likely N-dealkylation sites (N-methyl/N-ethyl adjacent to an activating group) is 1. The summed E-state index contributed by atoms with van der Waals surface area (Å²) in [6, 6.07) is 0.595. The van der Waals surface area contributed by atoms with Gasteiger partial charge in [-0.15, -0.1) is 0 Å². The highest BCUT2D eigenvalue weighted by Crippen LogP contribution is 2.21. The first-order chi connectivity index (χ1) is 11.6. The van der Waals surface area contributed by atoms with Gasteiger partial charge in [-0.3, -0.25) is 4.90 Å². The molecule has 0 spiro atoms. The van der Waals surface area contributed by atoms with E-state index in [1.165, 1.54) is 19.4 Å².